The van der Waals surface area contributed by atoms with Crippen molar-refractivity contribution in [2.75, 3.05) is 25.0 Å². The van der Waals surface area contributed by atoms with Crippen molar-refractivity contribution in [3.63, 3.8) is 0 Å². The molecule has 3 saturated heterocycles. The molecule has 1 aromatic rings. The number of anilines is 1. The lowest BCUT2D eigenvalue weighted by Crippen LogP contribution is -2.53. The monoisotopic (exact) mass is 463 g/mol. The average Bonchev–Trinajstić information content (AvgIpc) is 3.38. The molecule has 0 aliphatic carbocycles. The van der Waals surface area contributed by atoms with Gasteiger partial charge in [0.1, 0.15) is 11.6 Å². The molecule has 4 rings (SSSR count). The van der Waals surface area contributed by atoms with E-state index < -0.39 is 35.0 Å². The Labute approximate surface area is 192 Å². The molecule has 3 heterocycles. The first kappa shape index (κ1) is 23.0. The molecule has 1 aromatic carbocycles. The number of aliphatic hydroxyl groups is 1. The minimum absolute atomic E-state index is 0.00156. The van der Waals surface area contributed by atoms with Gasteiger partial charge in [-0.05, 0) is 49.9 Å². The van der Waals surface area contributed by atoms with Crippen molar-refractivity contribution in [2.45, 2.75) is 56.8 Å². The molecule has 2 unspecified atom stereocenters. The van der Waals surface area contributed by atoms with Crippen LogP contribution in [-0.4, -0.2) is 64.7 Å². The highest BCUT2D eigenvalue weighted by Gasteiger charge is 2.78. The minimum Gasteiger partial charge on any atom is -0.395 e. The molecular weight excluding hydrogens is 434 g/mol. The van der Waals surface area contributed by atoms with Crippen LogP contribution >= 0.6 is 11.6 Å². The second kappa shape index (κ2) is 8.65. The molecule has 8 nitrogen and oxygen atoms in total. The average molecular weight is 464 g/mol. The first-order valence-electron chi connectivity index (χ1n) is 11.3. The van der Waals surface area contributed by atoms with Crippen LogP contribution in [0.15, 0.2) is 24.3 Å². The summed E-state index contributed by atoms with van der Waals surface area (Å²) in [5, 5.41) is 16.0. The van der Waals surface area contributed by atoms with Gasteiger partial charge in [0.05, 0.1) is 24.0 Å². The Balaban J connectivity index is 1.71. The fraction of sp³-hybridized carbons (Fsp3) is 0.609. The fourth-order valence-corrected chi connectivity index (χ4v) is 5.99. The van der Waals surface area contributed by atoms with Crippen molar-refractivity contribution in [1.29, 1.82) is 0 Å². The van der Waals surface area contributed by atoms with Crippen LogP contribution in [0.1, 0.15) is 39.5 Å². The molecule has 32 heavy (non-hydrogen) atoms. The van der Waals surface area contributed by atoms with Crippen LogP contribution in [0.3, 0.4) is 0 Å². The van der Waals surface area contributed by atoms with Crippen LogP contribution in [0, 0.1) is 11.8 Å². The van der Waals surface area contributed by atoms with Crippen molar-refractivity contribution < 1.29 is 24.2 Å². The molecule has 5 atom stereocenters. The third-order valence-corrected chi connectivity index (χ3v) is 7.47. The normalized spacial score (nSPS) is 32.8. The van der Waals surface area contributed by atoms with E-state index in [4.69, 9.17) is 16.3 Å². The fourth-order valence-electron chi connectivity index (χ4n) is 5.87. The van der Waals surface area contributed by atoms with Gasteiger partial charge in [-0.2, -0.15) is 0 Å². The Morgan fingerprint density at radius 3 is 2.56 bits per heavy atom. The first-order valence-corrected chi connectivity index (χ1v) is 11.7. The Hall–Kier alpha value is -2.16. The summed E-state index contributed by atoms with van der Waals surface area (Å²) in [5.74, 6) is -2.30. The van der Waals surface area contributed by atoms with E-state index in [1.807, 2.05) is 13.8 Å². The van der Waals surface area contributed by atoms with Crippen LogP contribution in [-0.2, 0) is 19.1 Å². The molecule has 3 amide bonds. The van der Waals surface area contributed by atoms with E-state index in [9.17, 15) is 19.5 Å². The van der Waals surface area contributed by atoms with Crippen molar-refractivity contribution in [1.82, 2.24) is 10.2 Å². The van der Waals surface area contributed by atoms with Crippen molar-refractivity contribution in [3.05, 3.63) is 29.3 Å². The van der Waals surface area contributed by atoms with Gasteiger partial charge in [0.25, 0.3) is 0 Å². The molecule has 9 heteroatoms. The summed E-state index contributed by atoms with van der Waals surface area (Å²) >= 11 is 5.94. The lowest BCUT2D eigenvalue weighted by atomic mass is 9.65. The molecule has 0 saturated carbocycles. The molecular formula is C23H30ClN3O5. The summed E-state index contributed by atoms with van der Waals surface area (Å²) < 4.78 is 6.59. The lowest BCUT2D eigenvalue weighted by Gasteiger charge is -2.33. The number of halogens is 1. The van der Waals surface area contributed by atoms with Gasteiger partial charge in [0.2, 0.25) is 17.7 Å². The second-order valence-corrected chi connectivity index (χ2v) is 9.31. The summed E-state index contributed by atoms with van der Waals surface area (Å²) in [6, 6.07) is 5.77. The number of hydrogen-bond donors (Lipinski definition) is 3. The second-order valence-electron chi connectivity index (χ2n) is 8.88. The SMILES string of the molecule is CCCNC(=O)[C@@H]1[C@H]2C(=O)N(CCO)C(C(=O)Nc3ccc(Cl)cc3)C23CC[C@@]1(CC)O3. The number of likely N-dealkylation sites (tertiary alicyclic amines) is 1. The van der Waals surface area contributed by atoms with Crippen molar-refractivity contribution >= 4 is 35.0 Å². The Morgan fingerprint density at radius 1 is 1.22 bits per heavy atom. The van der Waals surface area contributed by atoms with Gasteiger partial charge in [0.15, 0.2) is 0 Å². The topological polar surface area (TPSA) is 108 Å². The Kier molecular flexibility index (Phi) is 6.22. The van der Waals surface area contributed by atoms with Crippen LogP contribution < -0.4 is 10.6 Å². The first-order chi connectivity index (χ1) is 15.3. The number of carbonyl (C=O) groups is 3. The van der Waals surface area contributed by atoms with Crippen LogP contribution in [0.25, 0.3) is 0 Å². The molecule has 3 fully saturated rings. The highest BCUT2D eigenvalue weighted by molar-refractivity contribution is 6.30. The number of nitrogens with one attached hydrogen (secondary N) is 2. The van der Waals surface area contributed by atoms with Gasteiger partial charge >= 0.3 is 0 Å². The number of amides is 3. The number of ether oxygens (including phenoxy) is 1. The van der Waals surface area contributed by atoms with Crippen LogP contribution in [0.4, 0.5) is 5.69 Å². The molecule has 1 spiro atoms. The smallest absolute Gasteiger partial charge is 0.250 e. The van der Waals surface area contributed by atoms with E-state index in [0.717, 1.165) is 6.42 Å². The van der Waals surface area contributed by atoms with Gasteiger partial charge in [0, 0.05) is 23.8 Å². The van der Waals surface area contributed by atoms with Crippen LogP contribution in [0.5, 0.6) is 0 Å². The van der Waals surface area contributed by atoms with Crippen molar-refractivity contribution in [2.24, 2.45) is 11.8 Å². The molecule has 3 aliphatic rings. The maximum Gasteiger partial charge on any atom is 0.250 e. The van der Waals surface area contributed by atoms with Crippen molar-refractivity contribution in [3.8, 4) is 0 Å². The van der Waals surface area contributed by atoms with E-state index in [2.05, 4.69) is 10.6 Å². The van der Waals surface area contributed by atoms with Gasteiger partial charge in [-0.15, -0.1) is 0 Å². The summed E-state index contributed by atoms with van der Waals surface area (Å²) in [4.78, 5) is 41.6. The largest absolute Gasteiger partial charge is 0.395 e. The van der Waals surface area contributed by atoms with E-state index in [0.29, 0.717) is 36.5 Å². The number of β-amino-alcohol motifs (C(OH)–C–C–N with tert-alkyl or cyclic N) is 1. The van der Waals surface area contributed by atoms with E-state index in [-0.39, 0.29) is 25.0 Å². The van der Waals surface area contributed by atoms with Gasteiger partial charge in [-0.3, -0.25) is 14.4 Å². The minimum atomic E-state index is -1.09. The number of nitrogens with zero attached hydrogens (tertiary/aromatic N) is 1. The van der Waals surface area contributed by atoms with E-state index >= 15 is 0 Å². The molecule has 3 aliphatic heterocycles. The predicted molar refractivity (Wildman–Crippen MR) is 119 cm³/mol. The molecule has 2 bridgehead atoms. The lowest BCUT2D eigenvalue weighted by molar-refractivity contribution is -0.146. The number of fused-ring (bicyclic) bond motifs is 1. The zero-order chi connectivity index (χ0) is 23.1. The predicted octanol–water partition coefficient (Wildman–Crippen LogP) is 1.95. The summed E-state index contributed by atoms with van der Waals surface area (Å²) in [6.07, 6.45) is 2.48. The zero-order valence-electron chi connectivity index (χ0n) is 18.4. The summed E-state index contributed by atoms with van der Waals surface area (Å²) in [5.41, 5.74) is -1.31. The third-order valence-electron chi connectivity index (χ3n) is 7.21. The quantitative estimate of drug-likeness (QED) is 0.546. The highest BCUT2D eigenvalue weighted by atomic mass is 35.5. The standard InChI is InChI=1S/C23H30ClN3O5/c1-3-11-25-19(29)16-17-21(31)27(12-13-28)18(23(17)10-9-22(16,4-2)32-23)20(30)26-15-7-5-14(24)6-8-15/h5-8,16-18,28H,3-4,9-13H2,1-2H3,(H,25,29)(H,26,30)/t16-,17-,18?,22+,23?/m0/s1. The molecule has 174 valence electrons. The number of carbonyl (C=O) groups excluding carboxylic acids is 3. The molecule has 0 radical (unpaired) electrons. The molecule has 3 N–H and O–H groups in total. The number of hydrogen-bond acceptors (Lipinski definition) is 5. The van der Waals surface area contributed by atoms with E-state index in [1.165, 1.54) is 4.90 Å². The Bertz CT molecular complexity index is 909. The van der Waals surface area contributed by atoms with Gasteiger partial charge in [-0.25, -0.2) is 0 Å². The Morgan fingerprint density at radius 2 is 1.94 bits per heavy atom. The number of rotatable bonds is 8. The maximum absolute atomic E-state index is 13.6. The highest BCUT2D eigenvalue weighted by Crippen LogP contribution is 2.64. The third kappa shape index (κ3) is 3.40. The zero-order valence-corrected chi connectivity index (χ0v) is 19.2. The van der Waals surface area contributed by atoms with Gasteiger partial charge < -0.3 is 25.4 Å². The van der Waals surface area contributed by atoms with E-state index in [1.54, 1.807) is 24.3 Å². The number of aliphatic hydroxyl groups excluding tert-OH is 1. The molecule has 0 aromatic heterocycles. The summed E-state index contributed by atoms with van der Waals surface area (Å²) in [6.45, 7) is 4.16. The maximum atomic E-state index is 13.6. The summed E-state index contributed by atoms with van der Waals surface area (Å²) in [7, 11) is 0. The van der Waals surface area contributed by atoms with Crippen LogP contribution in [0.2, 0.25) is 5.02 Å². The van der Waals surface area contributed by atoms with Gasteiger partial charge in [-0.1, -0.05) is 25.4 Å². The number of benzene rings is 1.